The zero-order chi connectivity index (χ0) is 15.1. The number of hydrogen-bond acceptors (Lipinski definition) is 3. The summed E-state index contributed by atoms with van der Waals surface area (Å²) < 4.78 is 0.870. The summed E-state index contributed by atoms with van der Waals surface area (Å²) >= 11 is 3.36. The van der Waals surface area contributed by atoms with Crippen molar-refractivity contribution in [2.45, 2.75) is 6.92 Å². The first-order valence-corrected chi connectivity index (χ1v) is 7.14. The van der Waals surface area contributed by atoms with Crippen molar-refractivity contribution in [3.05, 3.63) is 28.7 Å². The van der Waals surface area contributed by atoms with E-state index >= 15 is 0 Å². The number of nitrogens with one attached hydrogen (secondary N) is 1. The molecule has 0 aliphatic heterocycles. The van der Waals surface area contributed by atoms with E-state index in [1.807, 2.05) is 37.2 Å². The van der Waals surface area contributed by atoms with Gasteiger partial charge in [0.25, 0.3) is 0 Å². The molecule has 0 heterocycles. The molecule has 0 radical (unpaired) electrons. The van der Waals surface area contributed by atoms with Gasteiger partial charge in [0.2, 0.25) is 11.8 Å². The highest BCUT2D eigenvalue weighted by Crippen LogP contribution is 2.19. The Morgan fingerprint density at radius 2 is 2.00 bits per heavy atom. The van der Waals surface area contributed by atoms with Gasteiger partial charge < -0.3 is 15.1 Å². The van der Waals surface area contributed by atoms with E-state index in [9.17, 15) is 9.59 Å². The second kappa shape index (κ2) is 8.01. The zero-order valence-corrected chi connectivity index (χ0v) is 13.6. The van der Waals surface area contributed by atoms with E-state index in [1.165, 1.54) is 11.8 Å². The first-order valence-electron chi connectivity index (χ1n) is 6.35. The molecule has 110 valence electrons. The van der Waals surface area contributed by atoms with E-state index < -0.39 is 0 Å². The first kappa shape index (κ1) is 16.7. The van der Waals surface area contributed by atoms with Crippen molar-refractivity contribution in [3.8, 4) is 0 Å². The lowest BCUT2D eigenvalue weighted by molar-refractivity contribution is -0.123. The topological polar surface area (TPSA) is 52.7 Å². The lowest BCUT2D eigenvalue weighted by atomic mass is 10.3. The molecular formula is C14H20BrN3O2. The van der Waals surface area contributed by atoms with Gasteiger partial charge in [-0.3, -0.25) is 9.59 Å². The van der Waals surface area contributed by atoms with Crippen LogP contribution in [-0.2, 0) is 9.59 Å². The van der Waals surface area contributed by atoms with Gasteiger partial charge in [-0.05, 0) is 32.3 Å². The van der Waals surface area contributed by atoms with Gasteiger partial charge in [-0.2, -0.15) is 0 Å². The van der Waals surface area contributed by atoms with Crippen LogP contribution in [0.5, 0.6) is 0 Å². The lowest BCUT2D eigenvalue weighted by Gasteiger charge is -2.21. The van der Waals surface area contributed by atoms with Crippen LogP contribution in [-0.4, -0.2) is 50.4 Å². The molecule has 0 fully saturated rings. The molecule has 6 heteroatoms. The fourth-order valence-corrected chi connectivity index (χ4v) is 2.03. The van der Waals surface area contributed by atoms with Crippen LogP contribution >= 0.6 is 15.9 Å². The Labute approximate surface area is 128 Å². The molecule has 0 aliphatic rings. The highest BCUT2D eigenvalue weighted by atomic mass is 79.9. The molecule has 1 aromatic rings. The Hall–Kier alpha value is -1.40. The van der Waals surface area contributed by atoms with E-state index in [-0.39, 0.29) is 18.4 Å². The number of benzene rings is 1. The third kappa shape index (κ3) is 5.71. The number of likely N-dealkylation sites (N-methyl/N-ethyl adjacent to an activating group) is 1. The summed E-state index contributed by atoms with van der Waals surface area (Å²) in [5.74, 6) is -0.326. The third-order valence-corrected chi connectivity index (χ3v) is 3.18. The summed E-state index contributed by atoms with van der Waals surface area (Å²) in [5, 5.41) is 2.80. The minimum atomic E-state index is -0.165. The molecule has 0 saturated heterocycles. The fourth-order valence-electron chi connectivity index (χ4n) is 1.65. The van der Waals surface area contributed by atoms with Crippen LogP contribution in [0.3, 0.4) is 0 Å². The normalized spacial score (nSPS) is 10.4. The van der Waals surface area contributed by atoms with Gasteiger partial charge in [0.05, 0.1) is 0 Å². The first-order chi connectivity index (χ1) is 9.40. The van der Waals surface area contributed by atoms with Crippen LogP contribution in [0.25, 0.3) is 0 Å². The summed E-state index contributed by atoms with van der Waals surface area (Å²) in [6.07, 6.45) is 0. The van der Waals surface area contributed by atoms with Crippen LogP contribution in [0.15, 0.2) is 28.7 Å². The average molecular weight is 342 g/mol. The molecule has 1 aromatic carbocycles. The van der Waals surface area contributed by atoms with E-state index in [1.54, 1.807) is 6.07 Å². The Morgan fingerprint density at radius 1 is 1.30 bits per heavy atom. The molecule has 0 unspecified atom stereocenters. The van der Waals surface area contributed by atoms with E-state index in [4.69, 9.17) is 0 Å². The maximum absolute atomic E-state index is 11.9. The van der Waals surface area contributed by atoms with Crippen LogP contribution in [0, 0.1) is 0 Å². The predicted octanol–water partition coefficient (Wildman–Crippen LogP) is 1.48. The van der Waals surface area contributed by atoms with Crippen molar-refractivity contribution in [3.63, 3.8) is 0 Å². The maximum Gasteiger partial charge on any atom is 0.240 e. The number of halogens is 1. The predicted molar refractivity (Wildman–Crippen MR) is 83.7 cm³/mol. The number of amides is 2. The van der Waals surface area contributed by atoms with Crippen LogP contribution in [0.2, 0.25) is 0 Å². The second-order valence-electron chi connectivity index (χ2n) is 4.74. The highest BCUT2D eigenvalue weighted by molar-refractivity contribution is 9.10. The van der Waals surface area contributed by atoms with Crippen LogP contribution in [0.1, 0.15) is 6.92 Å². The monoisotopic (exact) mass is 341 g/mol. The summed E-state index contributed by atoms with van der Waals surface area (Å²) in [4.78, 5) is 27.0. The molecule has 0 spiro atoms. The Balaban J connectivity index is 2.64. The highest BCUT2D eigenvalue weighted by Gasteiger charge is 2.15. The standard InChI is InChI=1S/C14H20BrN3O2/c1-11(19)18(13-6-4-5-12(15)9-13)10-14(20)16-7-8-17(2)3/h4-6,9H,7-8,10H2,1-3H3,(H,16,20). The molecule has 20 heavy (non-hydrogen) atoms. The van der Waals surface area contributed by atoms with E-state index in [0.29, 0.717) is 12.2 Å². The largest absolute Gasteiger partial charge is 0.353 e. The molecule has 0 saturated carbocycles. The third-order valence-electron chi connectivity index (χ3n) is 2.68. The van der Waals surface area contributed by atoms with Crippen LogP contribution in [0.4, 0.5) is 5.69 Å². The van der Waals surface area contributed by atoms with Gasteiger partial charge in [-0.25, -0.2) is 0 Å². The van der Waals surface area contributed by atoms with Crippen molar-refractivity contribution >= 4 is 33.4 Å². The number of hydrogen-bond donors (Lipinski definition) is 1. The van der Waals surface area contributed by atoms with Crippen molar-refractivity contribution in [2.24, 2.45) is 0 Å². The van der Waals surface area contributed by atoms with E-state index in [2.05, 4.69) is 21.2 Å². The van der Waals surface area contributed by atoms with E-state index in [0.717, 1.165) is 11.0 Å². The fraction of sp³-hybridized carbons (Fsp3) is 0.429. The summed E-state index contributed by atoms with van der Waals surface area (Å²) in [7, 11) is 3.88. The number of anilines is 1. The summed E-state index contributed by atoms with van der Waals surface area (Å²) in [6.45, 7) is 2.81. The Bertz CT molecular complexity index is 477. The van der Waals surface area contributed by atoms with Gasteiger partial charge in [-0.15, -0.1) is 0 Å². The minimum Gasteiger partial charge on any atom is -0.353 e. The molecule has 0 aromatic heterocycles. The van der Waals surface area contributed by atoms with Gasteiger partial charge in [0.15, 0.2) is 0 Å². The van der Waals surface area contributed by atoms with Crippen molar-refractivity contribution in [2.75, 3.05) is 38.6 Å². The molecule has 0 bridgehead atoms. The second-order valence-corrected chi connectivity index (χ2v) is 5.65. The molecule has 0 atom stereocenters. The quantitative estimate of drug-likeness (QED) is 0.852. The van der Waals surface area contributed by atoms with Crippen molar-refractivity contribution < 1.29 is 9.59 Å². The average Bonchev–Trinajstić information content (AvgIpc) is 2.35. The molecule has 5 nitrogen and oxygen atoms in total. The summed E-state index contributed by atoms with van der Waals surface area (Å²) in [6, 6.07) is 7.33. The Morgan fingerprint density at radius 3 is 2.55 bits per heavy atom. The molecular weight excluding hydrogens is 322 g/mol. The SMILES string of the molecule is CC(=O)N(CC(=O)NCCN(C)C)c1cccc(Br)c1. The number of carbonyl (C=O) groups excluding carboxylic acids is 2. The lowest BCUT2D eigenvalue weighted by Crippen LogP contribution is -2.41. The molecule has 1 N–H and O–H groups in total. The zero-order valence-electron chi connectivity index (χ0n) is 12.0. The molecule has 0 aliphatic carbocycles. The maximum atomic E-state index is 11.9. The molecule has 1 rings (SSSR count). The smallest absolute Gasteiger partial charge is 0.240 e. The van der Waals surface area contributed by atoms with Gasteiger partial charge in [-0.1, -0.05) is 22.0 Å². The Kier molecular flexibility index (Phi) is 6.67. The number of nitrogens with zero attached hydrogens (tertiary/aromatic N) is 2. The van der Waals surface area contributed by atoms with Gasteiger partial charge in [0.1, 0.15) is 6.54 Å². The molecule has 2 amide bonds. The van der Waals surface area contributed by atoms with Crippen molar-refractivity contribution in [1.82, 2.24) is 10.2 Å². The number of carbonyl (C=O) groups is 2. The van der Waals surface area contributed by atoms with Gasteiger partial charge in [0, 0.05) is 30.2 Å². The summed E-state index contributed by atoms with van der Waals surface area (Å²) in [5.41, 5.74) is 0.703. The van der Waals surface area contributed by atoms with Crippen LogP contribution < -0.4 is 10.2 Å². The van der Waals surface area contributed by atoms with Gasteiger partial charge >= 0.3 is 0 Å². The minimum absolute atomic E-state index is 0.0270. The number of rotatable bonds is 6. The van der Waals surface area contributed by atoms with Crippen molar-refractivity contribution in [1.29, 1.82) is 0 Å².